The molecular weight excluding hydrogens is 817 g/mol. The maximum Gasteiger partial charge on any atom is 0.407 e. The van der Waals surface area contributed by atoms with E-state index < -0.39 is 30.1 Å². The third kappa shape index (κ3) is 8.24. The Bertz CT molecular complexity index is 2510. The average Bonchev–Trinajstić information content (AvgIpc) is 4.10. The van der Waals surface area contributed by atoms with Crippen LogP contribution < -0.4 is 15.5 Å². The molecule has 328 valence electrons. The minimum absolute atomic E-state index is 0.0389. The molecule has 0 radical (unpaired) electrons. The van der Waals surface area contributed by atoms with Crippen LogP contribution in [0.3, 0.4) is 0 Å². The number of alkyl carbamates (subject to hydrolysis) is 1. The summed E-state index contributed by atoms with van der Waals surface area (Å²) in [5.74, 6) is -0.00874. The number of fused-ring (bicyclic) bond motifs is 2. The van der Waals surface area contributed by atoms with E-state index in [-0.39, 0.29) is 52.8 Å². The average molecular weight is 870 g/mol. The Balaban J connectivity index is 1.08. The van der Waals surface area contributed by atoms with Crippen molar-refractivity contribution in [3.8, 4) is 0 Å². The summed E-state index contributed by atoms with van der Waals surface area (Å²) >= 11 is 6.19. The fraction of sp³-hybridized carbons (Fsp3) is 0.467. The number of hydrogen-bond donors (Lipinski definition) is 5. The number of anilines is 1. The monoisotopic (exact) mass is 869 g/mol. The smallest absolute Gasteiger partial charge is 0.407 e. The maximum atomic E-state index is 15.2. The van der Waals surface area contributed by atoms with Crippen LogP contribution in [0.5, 0.6) is 0 Å². The van der Waals surface area contributed by atoms with Crippen LogP contribution in [-0.4, -0.2) is 91.1 Å². The van der Waals surface area contributed by atoms with E-state index in [9.17, 15) is 24.3 Å². The van der Waals surface area contributed by atoms with Gasteiger partial charge in [-0.15, -0.1) is 0 Å². The van der Waals surface area contributed by atoms with Gasteiger partial charge in [-0.05, 0) is 104 Å². The van der Waals surface area contributed by atoms with E-state index in [4.69, 9.17) is 26.3 Å². The molecule has 2 unspecified atom stereocenters. The van der Waals surface area contributed by atoms with Crippen LogP contribution in [0.1, 0.15) is 113 Å². The summed E-state index contributed by atoms with van der Waals surface area (Å²) in [4.78, 5) is 73.7. The number of carboxylic acid groups (broad SMARTS) is 1. The standard InChI is InChI=1S/C45H53ClFN9O6/c1-23(2)38(52-44(59)60)42(57)54-18-6-8-36(54)40-48-30-14-10-25(20-32(30)50-40)34-16-17-35(56(34)27-12-13-28(46)29(47)22-27)26-11-15-31-33(21-26)51-41(49-31)37-9-7-19-55(37)43(58)39(24(3)4)53-45(61)62-5/h10-15,20-24,34-39,52H,6-9,16-19H2,1-5H3,(H,48,50)(H,49,51)(H,53,61)(H,59,60)/t34-,35-,36+,37+,38?,39?/m1/s1. The number of methoxy groups -OCH3 is 1. The predicted molar refractivity (Wildman–Crippen MR) is 232 cm³/mol. The molecule has 6 atom stereocenters. The first-order valence-electron chi connectivity index (χ1n) is 21.4. The number of halogens is 2. The molecule has 0 spiro atoms. The molecule has 5 aromatic rings. The van der Waals surface area contributed by atoms with E-state index in [1.54, 1.807) is 15.9 Å². The molecule has 0 saturated carbocycles. The Morgan fingerprint density at radius 2 is 1.24 bits per heavy atom. The second kappa shape index (κ2) is 17.5. The van der Waals surface area contributed by atoms with E-state index in [1.165, 1.54) is 13.2 Å². The van der Waals surface area contributed by atoms with Crippen molar-refractivity contribution in [1.29, 1.82) is 0 Å². The van der Waals surface area contributed by atoms with Crippen molar-refractivity contribution in [2.45, 2.75) is 102 Å². The Morgan fingerprint density at radius 1 is 0.742 bits per heavy atom. The summed E-state index contributed by atoms with van der Waals surface area (Å²) in [6.07, 6.45) is 2.63. The number of hydrogen-bond acceptors (Lipinski definition) is 8. The van der Waals surface area contributed by atoms with Crippen LogP contribution in [-0.2, 0) is 14.3 Å². The minimum atomic E-state index is -1.24. The zero-order chi connectivity index (χ0) is 44.0. The van der Waals surface area contributed by atoms with Crippen molar-refractivity contribution in [1.82, 2.24) is 40.4 Å². The highest BCUT2D eigenvalue weighted by molar-refractivity contribution is 6.30. The Kier molecular flexibility index (Phi) is 12.0. The van der Waals surface area contributed by atoms with Gasteiger partial charge >= 0.3 is 12.2 Å². The van der Waals surface area contributed by atoms with Crippen LogP contribution in [0.2, 0.25) is 5.02 Å². The van der Waals surface area contributed by atoms with Crippen LogP contribution in [0, 0.1) is 17.7 Å². The first-order valence-corrected chi connectivity index (χ1v) is 21.8. The van der Waals surface area contributed by atoms with Crippen molar-refractivity contribution in [3.63, 3.8) is 0 Å². The highest BCUT2D eigenvalue weighted by Gasteiger charge is 2.40. The van der Waals surface area contributed by atoms with E-state index in [1.807, 2.05) is 52.0 Å². The first kappa shape index (κ1) is 42.8. The third-order valence-electron chi connectivity index (χ3n) is 12.7. The number of ether oxygens (including phenoxy) is 1. The molecule has 4 amide bonds. The number of aromatic nitrogens is 4. The maximum absolute atomic E-state index is 15.2. The number of carbonyl (C=O) groups excluding carboxylic acids is 3. The lowest BCUT2D eigenvalue weighted by atomic mass is 10.0. The van der Waals surface area contributed by atoms with Gasteiger partial charge < -0.3 is 45.1 Å². The van der Waals surface area contributed by atoms with Gasteiger partial charge in [0.25, 0.3) is 0 Å². The molecule has 3 fully saturated rings. The number of nitrogens with one attached hydrogen (secondary N) is 4. The molecule has 0 bridgehead atoms. The van der Waals surface area contributed by atoms with Crippen molar-refractivity contribution < 1.29 is 33.4 Å². The Morgan fingerprint density at radius 3 is 1.69 bits per heavy atom. The van der Waals surface area contributed by atoms with Gasteiger partial charge in [-0.1, -0.05) is 51.4 Å². The molecule has 3 aliphatic rings. The number of benzene rings is 3. The lowest BCUT2D eigenvalue weighted by Crippen LogP contribution is -2.51. The minimum Gasteiger partial charge on any atom is -0.465 e. The van der Waals surface area contributed by atoms with E-state index in [0.717, 1.165) is 65.3 Å². The van der Waals surface area contributed by atoms with Gasteiger partial charge in [0.2, 0.25) is 11.8 Å². The molecular formula is C45H53ClFN9O6. The van der Waals surface area contributed by atoms with Gasteiger partial charge in [0.05, 0.1) is 58.4 Å². The van der Waals surface area contributed by atoms with E-state index >= 15 is 4.39 Å². The second-order valence-corrected chi connectivity index (χ2v) is 17.7. The molecule has 17 heteroatoms. The van der Waals surface area contributed by atoms with Crippen LogP contribution >= 0.6 is 11.6 Å². The van der Waals surface area contributed by atoms with Gasteiger partial charge in [-0.25, -0.2) is 23.9 Å². The zero-order valence-corrected chi connectivity index (χ0v) is 36.2. The third-order valence-corrected chi connectivity index (χ3v) is 13.0. The van der Waals surface area contributed by atoms with Crippen molar-refractivity contribution in [3.05, 3.63) is 88.2 Å². The second-order valence-electron chi connectivity index (χ2n) is 17.3. The molecule has 62 heavy (non-hydrogen) atoms. The number of carbonyl (C=O) groups is 4. The van der Waals surface area contributed by atoms with E-state index in [0.29, 0.717) is 36.8 Å². The summed E-state index contributed by atoms with van der Waals surface area (Å²) < 4.78 is 20.0. The van der Waals surface area contributed by atoms with Crippen LogP contribution in [0.4, 0.5) is 19.7 Å². The number of likely N-dealkylation sites (tertiary alicyclic amines) is 2. The van der Waals surface area contributed by atoms with Crippen molar-refractivity contribution in [2.75, 3.05) is 25.1 Å². The first-order chi connectivity index (χ1) is 29.7. The number of amides is 4. The Labute approximate surface area is 363 Å². The van der Waals surface area contributed by atoms with Gasteiger partial charge in [-0.3, -0.25) is 9.59 Å². The number of nitrogens with zero attached hydrogens (tertiary/aromatic N) is 5. The molecule has 3 aromatic carbocycles. The lowest BCUT2D eigenvalue weighted by Gasteiger charge is -2.33. The topological polar surface area (TPSA) is 189 Å². The Hall–Kier alpha value is -5.90. The van der Waals surface area contributed by atoms with Crippen molar-refractivity contribution in [2.24, 2.45) is 11.8 Å². The molecule has 15 nitrogen and oxygen atoms in total. The van der Waals surface area contributed by atoms with Crippen molar-refractivity contribution >= 4 is 63.4 Å². The predicted octanol–water partition coefficient (Wildman–Crippen LogP) is 8.31. The van der Waals surface area contributed by atoms with Gasteiger partial charge in [0.1, 0.15) is 29.5 Å². The SMILES string of the molecule is COC(=O)NC(C(=O)N1CCC[C@H]1c1nc2ccc([C@H]3CC[C@H](c4ccc5nc([C@@H]6CCCN6C(=O)C(NC(=O)O)C(C)C)[nH]c5c4)N3c3ccc(Cl)c(F)c3)cc2[nH]1)C(C)C. The summed E-state index contributed by atoms with van der Waals surface area (Å²) in [5.41, 5.74) is 5.83. The summed E-state index contributed by atoms with van der Waals surface area (Å²) in [6.45, 7) is 8.46. The molecule has 5 heterocycles. The number of rotatable bonds is 11. The van der Waals surface area contributed by atoms with Crippen LogP contribution in [0.15, 0.2) is 54.6 Å². The lowest BCUT2D eigenvalue weighted by molar-refractivity contribution is -0.136. The normalized spacial score (nSPS) is 21.3. The van der Waals surface area contributed by atoms with Gasteiger partial charge in [0, 0.05) is 18.8 Å². The van der Waals surface area contributed by atoms with Gasteiger partial charge in [0.15, 0.2) is 0 Å². The molecule has 3 aliphatic heterocycles. The number of imidazole rings is 2. The fourth-order valence-corrected chi connectivity index (χ4v) is 9.75. The molecule has 0 aliphatic carbocycles. The van der Waals surface area contributed by atoms with Gasteiger partial charge in [-0.2, -0.15) is 0 Å². The van der Waals surface area contributed by atoms with Crippen LogP contribution in [0.25, 0.3) is 22.1 Å². The molecule has 5 N–H and O–H groups in total. The summed E-state index contributed by atoms with van der Waals surface area (Å²) in [5, 5.41) is 14.6. The largest absolute Gasteiger partial charge is 0.465 e. The zero-order valence-electron chi connectivity index (χ0n) is 35.5. The van der Waals surface area contributed by atoms with E-state index in [2.05, 4.69) is 43.7 Å². The summed E-state index contributed by atoms with van der Waals surface area (Å²) in [7, 11) is 1.28. The fourth-order valence-electron chi connectivity index (χ4n) is 9.63. The highest BCUT2D eigenvalue weighted by atomic mass is 35.5. The molecule has 2 aromatic heterocycles. The number of aromatic amines is 2. The molecule has 3 saturated heterocycles. The quantitative estimate of drug-likeness (QED) is 0.0870. The molecule has 8 rings (SSSR count). The summed E-state index contributed by atoms with van der Waals surface area (Å²) in [6, 6.07) is 14.6. The number of H-pyrrole nitrogens is 2. The highest BCUT2D eigenvalue weighted by Crippen LogP contribution is 2.48.